The van der Waals surface area contributed by atoms with Gasteiger partial charge in [-0.15, -0.1) is 0 Å². The summed E-state index contributed by atoms with van der Waals surface area (Å²) in [5, 5.41) is 3.53. The van der Waals surface area contributed by atoms with Crippen molar-refractivity contribution in [3.63, 3.8) is 0 Å². The van der Waals surface area contributed by atoms with Gasteiger partial charge in [0.25, 0.3) is 0 Å². The molecule has 1 aromatic rings. The maximum atomic E-state index is 5.47. The van der Waals surface area contributed by atoms with Gasteiger partial charge in [-0.1, -0.05) is 37.6 Å². The first-order valence-corrected chi connectivity index (χ1v) is 6.80. The Morgan fingerprint density at radius 2 is 1.88 bits per heavy atom. The van der Waals surface area contributed by atoms with Gasteiger partial charge < -0.3 is 11.1 Å². The Morgan fingerprint density at radius 3 is 2.47 bits per heavy atom. The van der Waals surface area contributed by atoms with E-state index in [4.69, 9.17) is 5.73 Å². The van der Waals surface area contributed by atoms with Gasteiger partial charge >= 0.3 is 0 Å². The Morgan fingerprint density at radius 1 is 1.18 bits per heavy atom. The lowest BCUT2D eigenvalue weighted by Crippen LogP contribution is -2.20. The van der Waals surface area contributed by atoms with E-state index in [-0.39, 0.29) is 0 Å². The topological polar surface area (TPSA) is 38.0 Å². The highest BCUT2D eigenvalue weighted by Crippen LogP contribution is 2.14. The third kappa shape index (κ3) is 5.33. The molecule has 0 saturated carbocycles. The smallest absolute Gasteiger partial charge is 0.0291 e. The maximum absolute atomic E-state index is 5.47. The molecule has 1 aromatic carbocycles. The van der Waals surface area contributed by atoms with Crippen LogP contribution in [0.2, 0.25) is 0 Å². The van der Waals surface area contributed by atoms with Crippen molar-refractivity contribution in [1.29, 1.82) is 0 Å². The Bertz CT molecular complexity index is 292. The first kappa shape index (κ1) is 14.2. The van der Waals surface area contributed by atoms with Crippen LogP contribution >= 0.6 is 0 Å². The molecule has 0 spiro atoms. The van der Waals surface area contributed by atoms with Crippen LogP contribution in [0.3, 0.4) is 0 Å². The van der Waals surface area contributed by atoms with E-state index >= 15 is 0 Å². The zero-order valence-corrected chi connectivity index (χ0v) is 11.2. The second kappa shape index (κ2) is 8.26. The molecular weight excluding hydrogens is 208 g/mol. The molecular formula is C15H26N2. The molecule has 0 saturated heterocycles. The van der Waals surface area contributed by atoms with E-state index in [0.717, 1.165) is 25.9 Å². The molecule has 0 bridgehead atoms. The van der Waals surface area contributed by atoms with Crippen LogP contribution in [0.25, 0.3) is 0 Å². The van der Waals surface area contributed by atoms with E-state index in [9.17, 15) is 0 Å². The lowest BCUT2D eigenvalue weighted by molar-refractivity contribution is 0.548. The zero-order valence-electron chi connectivity index (χ0n) is 11.2. The SMILES string of the molecule is CCCc1ccc(C(C)NCCCCN)cc1. The Balaban J connectivity index is 2.37. The monoisotopic (exact) mass is 234 g/mol. The molecule has 2 nitrogen and oxygen atoms in total. The van der Waals surface area contributed by atoms with Gasteiger partial charge in [-0.25, -0.2) is 0 Å². The van der Waals surface area contributed by atoms with E-state index in [2.05, 4.69) is 43.4 Å². The fourth-order valence-corrected chi connectivity index (χ4v) is 1.97. The first-order valence-electron chi connectivity index (χ1n) is 6.80. The second-order valence-corrected chi connectivity index (χ2v) is 4.66. The van der Waals surface area contributed by atoms with Gasteiger partial charge in [-0.3, -0.25) is 0 Å². The second-order valence-electron chi connectivity index (χ2n) is 4.66. The predicted octanol–water partition coefficient (Wildman–Crippen LogP) is 3.03. The highest BCUT2D eigenvalue weighted by Gasteiger charge is 2.03. The third-order valence-electron chi connectivity index (χ3n) is 3.10. The van der Waals surface area contributed by atoms with Gasteiger partial charge in [0.1, 0.15) is 0 Å². The fourth-order valence-electron chi connectivity index (χ4n) is 1.97. The molecule has 0 aromatic heterocycles. The van der Waals surface area contributed by atoms with Crippen LogP contribution in [0, 0.1) is 0 Å². The van der Waals surface area contributed by atoms with Gasteiger partial charge in [-0.05, 0) is 50.4 Å². The standard InChI is InChI=1S/C15H26N2/c1-3-6-14-7-9-15(10-8-14)13(2)17-12-5-4-11-16/h7-10,13,17H,3-6,11-12,16H2,1-2H3. The molecule has 2 heteroatoms. The number of hydrogen-bond donors (Lipinski definition) is 2. The number of unbranched alkanes of at least 4 members (excludes halogenated alkanes) is 1. The summed E-state index contributed by atoms with van der Waals surface area (Å²) in [5.41, 5.74) is 8.28. The van der Waals surface area contributed by atoms with Gasteiger partial charge in [0.05, 0.1) is 0 Å². The van der Waals surface area contributed by atoms with E-state index < -0.39 is 0 Å². The van der Waals surface area contributed by atoms with Crippen LogP contribution in [-0.2, 0) is 6.42 Å². The molecule has 3 N–H and O–H groups in total. The lowest BCUT2D eigenvalue weighted by atomic mass is 10.0. The minimum Gasteiger partial charge on any atom is -0.330 e. The van der Waals surface area contributed by atoms with Crippen LogP contribution < -0.4 is 11.1 Å². The maximum Gasteiger partial charge on any atom is 0.0291 e. The van der Waals surface area contributed by atoms with E-state index in [1.165, 1.54) is 24.0 Å². The molecule has 0 heterocycles. The van der Waals surface area contributed by atoms with Crippen molar-refractivity contribution < 1.29 is 0 Å². The van der Waals surface area contributed by atoms with Crippen LogP contribution in [0.4, 0.5) is 0 Å². The van der Waals surface area contributed by atoms with Crippen molar-refractivity contribution in [2.75, 3.05) is 13.1 Å². The quantitative estimate of drug-likeness (QED) is 0.679. The Hall–Kier alpha value is -0.860. The molecule has 0 fully saturated rings. The number of rotatable bonds is 8. The molecule has 1 unspecified atom stereocenters. The highest BCUT2D eigenvalue weighted by atomic mass is 14.9. The van der Waals surface area contributed by atoms with Gasteiger partial charge in [0.15, 0.2) is 0 Å². The number of nitrogens with one attached hydrogen (secondary N) is 1. The molecule has 17 heavy (non-hydrogen) atoms. The number of nitrogens with two attached hydrogens (primary N) is 1. The first-order chi connectivity index (χ1) is 8.27. The van der Waals surface area contributed by atoms with Crippen LogP contribution in [0.5, 0.6) is 0 Å². The Kier molecular flexibility index (Phi) is 6.90. The summed E-state index contributed by atoms with van der Waals surface area (Å²) in [6, 6.07) is 9.41. The summed E-state index contributed by atoms with van der Waals surface area (Å²) in [7, 11) is 0. The summed E-state index contributed by atoms with van der Waals surface area (Å²) in [6.07, 6.45) is 4.66. The van der Waals surface area contributed by atoms with Crippen LogP contribution in [0.1, 0.15) is 50.3 Å². The molecule has 0 radical (unpaired) electrons. The fraction of sp³-hybridized carbons (Fsp3) is 0.600. The van der Waals surface area contributed by atoms with Gasteiger partial charge in [0, 0.05) is 6.04 Å². The Labute approximate surface area is 106 Å². The van der Waals surface area contributed by atoms with Gasteiger partial charge in [0.2, 0.25) is 0 Å². The lowest BCUT2D eigenvalue weighted by Gasteiger charge is -2.14. The van der Waals surface area contributed by atoms with E-state index in [1.807, 2.05) is 0 Å². The predicted molar refractivity (Wildman–Crippen MR) is 75.1 cm³/mol. The van der Waals surface area contributed by atoms with Crippen molar-refractivity contribution in [3.05, 3.63) is 35.4 Å². The minimum absolute atomic E-state index is 0.434. The molecule has 1 atom stereocenters. The van der Waals surface area contributed by atoms with Crippen LogP contribution in [0.15, 0.2) is 24.3 Å². The summed E-state index contributed by atoms with van der Waals surface area (Å²) < 4.78 is 0. The number of benzene rings is 1. The van der Waals surface area contributed by atoms with Crippen molar-refractivity contribution >= 4 is 0 Å². The van der Waals surface area contributed by atoms with Crippen molar-refractivity contribution in [1.82, 2.24) is 5.32 Å². The van der Waals surface area contributed by atoms with Crippen molar-refractivity contribution in [3.8, 4) is 0 Å². The average Bonchev–Trinajstić information content (AvgIpc) is 2.36. The summed E-state index contributed by atoms with van der Waals surface area (Å²) >= 11 is 0. The summed E-state index contributed by atoms with van der Waals surface area (Å²) in [6.45, 7) is 6.28. The van der Waals surface area contributed by atoms with Gasteiger partial charge in [-0.2, -0.15) is 0 Å². The van der Waals surface area contributed by atoms with Crippen molar-refractivity contribution in [2.24, 2.45) is 5.73 Å². The molecule has 1 rings (SSSR count). The van der Waals surface area contributed by atoms with Crippen molar-refractivity contribution in [2.45, 2.75) is 45.6 Å². The normalized spacial score (nSPS) is 12.6. The largest absolute Gasteiger partial charge is 0.330 e. The summed E-state index contributed by atoms with van der Waals surface area (Å²) in [4.78, 5) is 0. The third-order valence-corrected chi connectivity index (χ3v) is 3.10. The number of aryl methyl sites for hydroxylation is 1. The molecule has 96 valence electrons. The summed E-state index contributed by atoms with van der Waals surface area (Å²) in [5.74, 6) is 0. The van der Waals surface area contributed by atoms with E-state index in [1.54, 1.807) is 0 Å². The molecule has 0 aliphatic heterocycles. The zero-order chi connectivity index (χ0) is 12.5. The average molecular weight is 234 g/mol. The minimum atomic E-state index is 0.434. The van der Waals surface area contributed by atoms with E-state index in [0.29, 0.717) is 6.04 Å². The molecule has 0 amide bonds. The molecule has 0 aliphatic rings. The number of hydrogen-bond acceptors (Lipinski definition) is 2. The highest BCUT2D eigenvalue weighted by molar-refractivity contribution is 5.24. The molecule has 0 aliphatic carbocycles. The van der Waals surface area contributed by atoms with Crippen LogP contribution in [-0.4, -0.2) is 13.1 Å².